The first kappa shape index (κ1) is 16.1. The number of imidazole rings is 1. The van der Waals surface area contributed by atoms with Crippen LogP contribution in [0.25, 0.3) is 0 Å². The molecule has 2 atom stereocenters. The van der Waals surface area contributed by atoms with Crippen LogP contribution in [0, 0.1) is 0 Å². The lowest BCUT2D eigenvalue weighted by atomic mass is 10.2. The van der Waals surface area contributed by atoms with Crippen LogP contribution in [0.15, 0.2) is 6.20 Å². The fourth-order valence-corrected chi connectivity index (χ4v) is 2.99. The van der Waals surface area contributed by atoms with Crippen LogP contribution in [-0.2, 0) is 29.4 Å². The van der Waals surface area contributed by atoms with Gasteiger partial charge in [-0.2, -0.15) is 0 Å². The lowest BCUT2D eigenvalue weighted by Crippen LogP contribution is -2.36. The van der Waals surface area contributed by atoms with Crippen molar-refractivity contribution in [3.05, 3.63) is 17.7 Å². The SMILES string of the molecule is CCPN(C)C(Cc1cn(C)c(CC)n1)C(=O)OC. The number of methoxy groups -OCH3 is 1. The van der Waals surface area contributed by atoms with E-state index in [0.717, 1.165) is 24.1 Å². The molecule has 0 aliphatic carbocycles. The fourth-order valence-electron chi connectivity index (χ4n) is 2.07. The summed E-state index contributed by atoms with van der Waals surface area (Å²) in [5, 5.41) is 0. The third kappa shape index (κ3) is 4.29. The molecule has 1 aromatic heterocycles. The Morgan fingerprint density at radius 2 is 2.26 bits per heavy atom. The molecule has 1 aromatic rings. The molecule has 0 bridgehead atoms. The van der Waals surface area contributed by atoms with Gasteiger partial charge in [-0.25, -0.2) is 4.98 Å². The van der Waals surface area contributed by atoms with Crippen molar-refractivity contribution in [2.75, 3.05) is 20.3 Å². The minimum Gasteiger partial charge on any atom is -0.468 e. The second kappa shape index (κ2) is 7.61. The first-order valence-corrected chi connectivity index (χ1v) is 7.74. The monoisotopic (exact) mass is 285 g/mol. The largest absolute Gasteiger partial charge is 0.468 e. The summed E-state index contributed by atoms with van der Waals surface area (Å²) in [6.07, 6.45) is 4.53. The van der Waals surface area contributed by atoms with E-state index in [1.807, 2.05) is 24.9 Å². The molecule has 0 aromatic carbocycles. The smallest absolute Gasteiger partial charge is 0.323 e. The van der Waals surface area contributed by atoms with Gasteiger partial charge >= 0.3 is 5.97 Å². The van der Waals surface area contributed by atoms with E-state index in [-0.39, 0.29) is 12.0 Å². The summed E-state index contributed by atoms with van der Waals surface area (Å²) in [6.45, 7) is 4.19. The summed E-state index contributed by atoms with van der Waals surface area (Å²) in [5.74, 6) is 0.853. The topological polar surface area (TPSA) is 47.4 Å². The van der Waals surface area contributed by atoms with Crippen LogP contribution in [0.2, 0.25) is 0 Å². The maximum absolute atomic E-state index is 11.9. The summed E-state index contributed by atoms with van der Waals surface area (Å²) in [5.41, 5.74) is 0.947. The predicted molar refractivity (Wildman–Crippen MR) is 78.7 cm³/mol. The third-order valence-corrected chi connectivity index (χ3v) is 4.22. The number of rotatable bonds is 7. The van der Waals surface area contributed by atoms with Crippen molar-refractivity contribution >= 4 is 14.7 Å². The van der Waals surface area contributed by atoms with E-state index in [4.69, 9.17) is 4.74 Å². The molecule has 0 spiro atoms. The molecule has 0 amide bonds. The van der Waals surface area contributed by atoms with E-state index in [1.54, 1.807) is 0 Å². The van der Waals surface area contributed by atoms with Crippen LogP contribution >= 0.6 is 8.73 Å². The molecule has 6 heteroatoms. The average molecular weight is 285 g/mol. The Morgan fingerprint density at radius 1 is 1.58 bits per heavy atom. The molecule has 0 aliphatic heterocycles. The van der Waals surface area contributed by atoms with Gasteiger partial charge < -0.3 is 9.30 Å². The van der Waals surface area contributed by atoms with Crippen LogP contribution < -0.4 is 0 Å². The van der Waals surface area contributed by atoms with Crippen LogP contribution in [0.1, 0.15) is 25.4 Å². The number of ether oxygens (including phenoxy) is 1. The highest BCUT2D eigenvalue weighted by atomic mass is 31.1. The molecule has 2 unspecified atom stereocenters. The van der Waals surface area contributed by atoms with Crippen LogP contribution in [0.4, 0.5) is 0 Å². The lowest BCUT2D eigenvalue weighted by Gasteiger charge is -2.24. The molecular formula is C13H24N3O2P. The maximum Gasteiger partial charge on any atom is 0.323 e. The Kier molecular flexibility index (Phi) is 6.46. The molecule has 5 nitrogen and oxygen atoms in total. The van der Waals surface area contributed by atoms with Crippen molar-refractivity contribution in [3.8, 4) is 0 Å². The molecule has 108 valence electrons. The van der Waals surface area contributed by atoms with Crippen molar-refractivity contribution in [3.63, 3.8) is 0 Å². The molecule has 1 heterocycles. The summed E-state index contributed by atoms with van der Waals surface area (Å²) in [4.78, 5) is 16.5. The van der Waals surface area contributed by atoms with Gasteiger partial charge in [-0.15, -0.1) is 0 Å². The maximum atomic E-state index is 11.9. The fraction of sp³-hybridized carbons (Fsp3) is 0.692. The number of carbonyl (C=O) groups excluding carboxylic acids is 1. The summed E-state index contributed by atoms with van der Waals surface area (Å²) in [6, 6.07) is -0.247. The van der Waals surface area contributed by atoms with Gasteiger partial charge in [-0.05, 0) is 13.2 Å². The molecule has 0 radical (unpaired) electrons. The van der Waals surface area contributed by atoms with Gasteiger partial charge in [0.25, 0.3) is 0 Å². The molecule has 0 N–H and O–H groups in total. The second-order valence-electron chi connectivity index (χ2n) is 4.48. The molecule has 0 aliphatic rings. The van der Waals surface area contributed by atoms with Gasteiger partial charge in [-0.1, -0.05) is 22.6 Å². The molecule has 0 fully saturated rings. The zero-order valence-corrected chi connectivity index (χ0v) is 13.4. The van der Waals surface area contributed by atoms with Gasteiger partial charge in [0, 0.05) is 26.1 Å². The Balaban J connectivity index is 2.84. The Morgan fingerprint density at radius 3 is 2.74 bits per heavy atom. The second-order valence-corrected chi connectivity index (χ2v) is 6.21. The lowest BCUT2D eigenvalue weighted by molar-refractivity contribution is -0.144. The molecule has 19 heavy (non-hydrogen) atoms. The zero-order chi connectivity index (χ0) is 14.4. The summed E-state index contributed by atoms with van der Waals surface area (Å²) < 4.78 is 8.99. The minimum atomic E-state index is -0.247. The van der Waals surface area contributed by atoms with Crippen LogP contribution in [-0.4, -0.2) is 46.6 Å². The number of aryl methyl sites for hydroxylation is 2. The predicted octanol–water partition coefficient (Wildman–Crippen LogP) is 1.61. The number of hydrogen-bond donors (Lipinski definition) is 0. The van der Waals surface area contributed by atoms with Gasteiger partial charge in [-0.3, -0.25) is 9.46 Å². The Bertz CT molecular complexity index is 420. The van der Waals surface area contributed by atoms with Crippen molar-refractivity contribution in [2.45, 2.75) is 32.7 Å². The van der Waals surface area contributed by atoms with E-state index in [2.05, 4.69) is 23.5 Å². The van der Waals surface area contributed by atoms with Crippen molar-refractivity contribution in [1.29, 1.82) is 0 Å². The highest BCUT2D eigenvalue weighted by Crippen LogP contribution is 2.21. The van der Waals surface area contributed by atoms with Gasteiger partial charge in [0.05, 0.1) is 12.8 Å². The molecule has 0 saturated carbocycles. The van der Waals surface area contributed by atoms with E-state index < -0.39 is 0 Å². The highest BCUT2D eigenvalue weighted by molar-refractivity contribution is 7.35. The van der Waals surface area contributed by atoms with Crippen LogP contribution in [0.5, 0.6) is 0 Å². The van der Waals surface area contributed by atoms with Crippen molar-refractivity contribution in [1.82, 2.24) is 14.2 Å². The zero-order valence-electron chi connectivity index (χ0n) is 12.4. The van der Waals surface area contributed by atoms with E-state index in [0.29, 0.717) is 15.2 Å². The first-order valence-electron chi connectivity index (χ1n) is 6.58. The Labute approximate surface area is 117 Å². The van der Waals surface area contributed by atoms with Crippen LogP contribution in [0.3, 0.4) is 0 Å². The number of aromatic nitrogens is 2. The number of esters is 1. The number of carbonyl (C=O) groups is 1. The Hall–Kier alpha value is -0.930. The number of hydrogen-bond acceptors (Lipinski definition) is 4. The standard InChI is InChI=1S/C13H24N3O2P/c1-6-12-14-10(9-15(12)3)8-11(13(17)18-5)16(4)19-7-2/h9,11,19H,6-8H2,1-5H3. The quantitative estimate of drug-likeness (QED) is 0.564. The number of nitrogens with zero attached hydrogens (tertiary/aromatic N) is 3. The van der Waals surface area contributed by atoms with E-state index in [9.17, 15) is 4.79 Å². The molecule has 1 rings (SSSR count). The van der Waals surface area contributed by atoms with Gasteiger partial charge in [0.1, 0.15) is 11.9 Å². The molecule has 0 saturated heterocycles. The average Bonchev–Trinajstić information content (AvgIpc) is 2.75. The van der Waals surface area contributed by atoms with Gasteiger partial charge in [0.2, 0.25) is 0 Å². The van der Waals surface area contributed by atoms with Crippen molar-refractivity contribution in [2.24, 2.45) is 7.05 Å². The third-order valence-electron chi connectivity index (χ3n) is 3.09. The molecular weight excluding hydrogens is 261 g/mol. The number of likely N-dealkylation sites (N-methyl/N-ethyl adjacent to an activating group) is 1. The first-order chi connectivity index (χ1) is 9.03. The normalized spacial score (nSPS) is 13.4. The van der Waals surface area contributed by atoms with E-state index in [1.165, 1.54) is 7.11 Å². The summed E-state index contributed by atoms with van der Waals surface area (Å²) in [7, 11) is 6.01. The minimum absolute atomic E-state index is 0.188. The van der Waals surface area contributed by atoms with E-state index >= 15 is 0 Å². The summed E-state index contributed by atoms with van der Waals surface area (Å²) >= 11 is 0. The van der Waals surface area contributed by atoms with Crippen molar-refractivity contribution < 1.29 is 9.53 Å². The van der Waals surface area contributed by atoms with Gasteiger partial charge in [0.15, 0.2) is 0 Å². The highest BCUT2D eigenvalue weighted by Gasteiger charge is 2.25.